The van der Waals surface area contributed by atoms with Crippen LogP contribution >= 0.6 is 23.1 Å². The van der Waals surface area contributed by atoms with Crippen LogP contribution in [-0.4, -0.2) is 50.7 Å². The monoisotopic (exact) mass is 403 g/mol. The predicted molar refractivity (Wildman–Crippen MR) is 109 cm³/mol. The topological polar surface area (TPSA) is 88.8 Å². The van der Waals surface area contributed by atoms with Crippen molar-refractivity contribution in [1.29, 1.82) is 0 Å². The van der Waals surface area contributed by atoms with Crippen molar-refractivity contribution in [2.75, 3.05) is 30.1 Å². The lowest BCUT2D eigenvalue weighted by atomic mass is 10.2. The number of nitrogens with zero attached hydrogens (tertiary/aromatic N) is 6. The van der Waals surface area contributed by atoms with Gasteiger partial charge in [0.1, 0.15) is 5.01 Å². The Morgan fingerprint density at radius 3 is 2.74 bits per heavy atom. The highest BCUT2D eigenvalue weighted by molar-refractivity contribution is 7.99. The first-order valence-corrected chi connectivity index (χ1v) is 10.2. The van der Waals surface area contributed by atoms with Gasteiger partial charge in [-0.2, -0.15) is 0 Å². The van der Waals surface area contributed by atoms with Crippen molar-refractivity contribution in [3.63, 3.8) is 0 Å². The number of thioether (sulfide) groups is 1. The molecule has 1 N–H and O–H groups in total. The molecule has 2 aromatic heterocycles. The molecule has 1 aromatic carbocycles. The van der Waals surface area contributed by atoms with Crippen LogP contribution in [0.3, 0.4) is 0 Å². The molecule has 0 fully saturated rings. The summed E-state index contributed by atoms with van der Waals surface area (Å²) in [5, 5.41) is 21.2. The van der Waals surface area contributed by atoms with Crippen molar-refractivity contribution in [3.05, 3.63) is 29.3 Å². The molecule has 1 amide bonds. The SMILES string of the molecule is CCn1c(SCC(=O)Nc2nnc(C)s2)nnc1-c1cccc(N(C)C)c1. The lowest BCUT2D eigenvalue weighted by Gasteiger charge is -2.14. The van der Waals surface area contributed by atoms with E-state index in [9.17, 15) is 4.79 Å². The molecule has 27 heavy (non-hydrogen) atoms. The van der Waals surface area contributed by atoms with Crippen molar-refractivity contribution in [2.45, 2.75) is 25.5 Å². The molecule has 142 valence electrons. The number of anilines is 2. The van der Waals surface area contributed by atoms with E-state index in [-0.39, 0.29) is 11.7 Å². The van der Waals surface area contributed by atoms with Gasteiger partial charge in [-0.25, -0.2) is 0 Å². The molecule has 3 rings (SSSR count). The number of aromatic nitrogens is 5. The Kier molecular flexibility index (Phi) is 6.07. The Balaban J connectivity index is 1.72. The maximum atomic E-state index is 12.1. The van der Waals surface area contributed by atoms with Crippen LogP contribution in [-0.2, 0) is 11.3 Å². The summed E-state index contributed by atoms with van der Waals surface area (Å²) in [6.45, 7) is 4.60. The van der Waals surface area contributed by atoms with E-state index >= 15 is 0 Å². The molecule has 10 heteroatoms. The zero-order chi connectivity index (χ0) is 19.4. The van der Waals surface area contributed by atoms with E-state index in [4.69, 9.17) is 0 Å². The van der Waals surface area contributed by atoms with Gasteiger partial charge >= 0.3 is 0 Å². The van der Waals surface area contributed by atoms with E-state index in [1.54, 1.807) is 0 Å². The van der Waals surface area contributed by atoms with E-state index in [0.717, 1.165) is 22.1 Å². The summed E-state index contributed by atoms with van der Waals surface area (Å²) in [6, 6.07) is 8.15. The fraction of sp³-hybridized carbons (Fsp3) is 0.353. The highest BCUT2D eigenvalue weighted by atomic mass is 32.2. The van der Waals surface area contributed by atoms with Crippen LogP contribution < -0.4 is 10.2 Å². The molecule has 0 spiro atoms. The van der Waals surface area contributed by atoms with Gasteiger partial charge in [-0.05, 0) is 26.0 Å². The third kappa shape index (κ3) is 4.64. The Bertz CT molecular complexity index is 935. The quantitative estimate of drug-likeness (QED) is 0.607. The first-order chi connectivity index (χ1) is 13.0. The second kappa shape index (κ2) is 8.49. The molecule has 0 aliphatic carbocycles. The molecule has 0 aliphatic rings. The molecule has 0 atom stereocenters. The van der Waals surface area contributed by atoms with Crippen LogP contribution in [0, 0.1) is 6.92 Å². The minimum atomic E-state index is -0.141. The fourth-order valence-corrected chi connectivity index (χ4v) is 3.86. The second-order valence-corrected chi connectivity index (χ2v) is 8.08. The van der Waals surface area contributed by atoms with Gasteiger partial charge in [0.05, 0.1) is 5.75 Å². The van der Waals surface area contributed by atoms with Gasteiger partial charge in [-0.15, -0.1) is 20.4 Å². The first kappa shape index (κ1) is 19.3. The lowest BCUT2D eigenvalue weighted by Crippen LogP contribution is -2.14. The third-order valence-corrected chi connectivity index (χ3v) is 5.48. The van der Waals surface area contributed by atoms with Gasteiger partial charge < -0.3 is 9.47 Å². The van der Waals surface area contributed by atoms with Crippen LogP contribution in [0.15, 0.2) is 29.4 Å². The molecule has 0 bridgehead atoms. The second-order valence-electron chi connectivity index (χ2n) is 5.96. The number of benzene rings is 1. The molecule has 0 radical (unpaired) electrons. The fourth-order valence-electron chi connectivity index (χ4n) is 2.45. The number of hydrogen-bond donors (Lipinski definition) is 1. The van der Waals surface area contributed by atoms with Crippen molar-refractivity contribution < 1.29 is 4.79 Å². The molecule has 3 aromatic rings. The zero-order valence-corrected chi connectivity index (χ0v) is 17.3. The van der Waals surface area contributed by atoms with Gasteiger partial charge in [0.2, 0.25) is 11.0 Å². The van der Waals surface area contributed by atoms with E-state index in [1.165, 1.54) is 23.1 Å². The number of aryl methyl sites for hydroxylation is 1. The summed E-state index contributed by atoms with van der Waals surface area (Å²) >= 11 is 2.70. The standard InChI is InChI=1S/C17H21N7OS2/c1-5-24-15(12-7-6-8-13(9-12)23(3)4)20-22-17(24)26-10-14(25)18-16-21-19-11(2)27-16/h6-9H,5,10H2,1-4H3,(H,18,21,25). The summed E-state index contributed by atoms with van der Waals surface area (Å²) < 4.78 is 2.02. The summed E-state index contributed by atoms with van der Waals surface area (Å²) in [5.41, 5.74) is 2.09. The largest absolute Gasteiger partial charge is 0.378 e. The Hall–Kier alpha value is -2.46. The van der Waals surface area contributed by atoms with Crippen LogP contribution in [0.4, 0.5) is 10.8 Å². The Labute approximate surface area is 166 Å². The van der Waals surface area contributed by atoms with E-state index < -0.39 is 0 Å². The molecule has 2 heterocycles. The van der Waals surface area contributed by atoms with Crippen molar-refractivity contribution in [3.8, 4) is 11.4 Å². The Morgan fingerprint density at radius 2 is 2.07 bits per heavy atom. The maximum Gasteiger partial charge on any atom is 0.236 e. The normalized spacial score (nSPS) is 10.8. The van der Waals surface area contributed by atoms with Gasteiger partial charge in [0.15, 0.2) is 11.0 Å². The van der Waals surface area contributed by atoms with Crippen LogP contribution in [0.2, 0.25) is 0 Å². The average molecular weight is 404 g/mol. The number of carbonyl (C=O) groups is 1. The van der Waals surface area contributed by atoms with Crippen LogP contribution in [0.25, 0.3) is 11.4 Å². The molecular formula is C17H21N7OS2. The average Bonchev–Trinajstić information content (AvgIpc) is 3.25. The molecule has 0 unspecified atom stereocenters. The highest BCUT2D eigenvalue weighted by Gasteiger charge is 2.15. The minimum Gasteiger partial charge on any atom is -0.378 e. The number of nitrogens with one attached hydrogen (secondary N) is 1. The van der Waals surface area contributed by atoms with Gasteiger partial charge in [0.25, 0.3) is 0 Å². The number of hydrogen-bond acceptors (Lipinski definition) is 8. The molecule has 0 saturated heterocycles. The van der Waals surface area contributed by atoms with E-state index in [2.05, 4.69) is 31.8 Å². The zero-order valence-electron chi connectivity index (χ0n) is 15.6. The molecule has 8 nitrogen and oxygen atoms in total. The van der Waals surface area contributed by atoms with Crippen LogP contribution in [0.1, 0.15) is 11.9 Å². The summed E-state index contributed by atoms with van der Waals surface area (Å²) in [6.07, 6.45) is 0. The lowest BCUT2D eigenvalue weighted by molar-refractivity contribution is -0.113. The molecule has 0 aliphatic heterocycles. The van der Waals surface area contributed by atoms with Gasteiger partial charge in [-0.3, -0.25) is 10.1 Å². The minimum absolute atomic E-state index is 0.141. The summed E-state index contributed by atoms with van der Waals surface area (Å²) in [5.74, 6) is 0.885. The smallest absolute Gasteiger partial charge is 0.236 e. The summed E-state index contributed by atoms with van der Waals surface area (Å²) in [4.78, 5) is 14.2. The highest BCUT2D eigenvalue weighted by Crippen LogP contribution is 2.26. The van der Waals surface area contributed by atoms with Crippen molar-refractivity contribution in [2.24, 2.45) is 0 Å². The Morgan fingerprint density at radius 1 is 1.26 bits per heavy atom. The van der Waals surface area contributed by atoms with E-state index in [0.29, 0.717) is 16.8 Å². The number of rotatable bonds is 7. The third-order valence-electron chi connectivity index (χ3n) is 3.76. The van der Waals surface area contributed by atoms with Gasteiger partial charge in [-0.1, -0.05) is 35.2 Å². The van der Waals surface area contributed by atoms with Crippen molar-refractivity contribution >= 4 is 39.8 Å². The summed E-state index contributed by atoms with van der Waals surface area (Å²) in [7, 11) is 4.01. The van der Waals surface area contributed by atoms with Crippen molar-refractivity contribution in [1.82, 2.24) is 25.0 Å². The van der Waals surface area contributed by atoms with E-state index in [1.807, 2.05) is 55.6 Å². The number of amides is 1. The first-order valence-electron chi connectivity index (χ1n) is 8.41. The van der Waals surface area contributed by atoms with Crippen LogP contribution in [0.5, 0.6) is 0 Å². The predicted octanol–water partition coefficient (Wildman–Crippen LogP) is 2.92. The molecular weight excluding hydrogens is 382 g/mol. The maximum absolute atomic E-state index is 12.1. The number of carbonyl (C=O) groups excluding carboxylic acids is 1. The van der Waals surface area contributed by atoms with Gasteiger partial charge in [0, 0.05) is 31.9 Å². The molecule has 0 saturated carbocycles.